The van der Waals surface area contributed by atoms with Crippen LogP contribution in [0, 0.1) is 12.8 Å². The van der Waals surface area contributed by atoms with Crippen LogP contribution >= 0.6 is 11.6 Å². The van der Waals surface area contributed by atoms with E-state index in [1.165, 1.54) is 0 Å². The molecule has 7 heteroatoms. The van der Waals surface area contributed by atoms with Crippen LogP contribution < -0.4 is 10.6 Å². The number of carbonyl (C=O) groups is 3. The Balaban J connectivity index is 1.59. The Labute approximate surface area is 213 Å². The normalized spacial score (nSPS) is 29.8. The van der Waals surface area contributed by atoms with Crippen molar-refractivity contribution in [2.45, 2.75) is 36.8 Å². The number of para-hydroxylation sites is 2. The predicted molar refractivity (Wildman–Crippen MR) is 137 cm³/mol. The third kappa shape index (κ3) is 2.34. The van der Waals surface area contributed by atoms with Crippen molar-refractivity contribution in [1.29, 1.82) is 0 Å². The fourth-order valence-corrected chi connectivity index (χ4v) is 7.69. The molecule has 6 nitrogen and oxygen atoms in total. The van der Waals surface area contributed by atoms with Gasteiger partial charge in [0, 0.05) is 22.9 Å². The first-order valence-electron chi connectivity index (χ1n) is 12.3. The number of Topliss-reactive ketones (excluding diaryl/α,β-unsaturated/α-hetero) is 1. The molecule has 2 amide bonds. The van der Waals surface area contributed by atoms with E-state index >= 15 is 0 Å². The molecule has 2 spiro atoms. The highest BCUT2D eigenvalue weighted by molar-refractivity contribution is 6.35. The zero-order valence-electron chi connectivity index (χ0n) is 19.7. The number of hydrogen-bond acceptors (Lipinski definition) is 4. The molecule has 7 rings (SSSR count). The Bertz CT molecular complexity index is 1490. The molecule has 2 N–H and O–H groups in total. The minimum absolute atomic E-state index is 0.112. The number of ketones is 1. The summed E-state index contributed by atoms with van der Waals surface area (Å²) in [6.45, 7) is 2.59. The van der Waals surface area contributed by atoms with Crippen molar-refractivity contribution in [3.05, 3.63) is 94.0 Å². The first-order valence-corrected chi connectivity index (χ1v) is 12.7. The lowest BCUT2D eigenvalue weighted by molar-refractivity contribution is -0.137. The summed E-state index contributed by atoms with van der Waals surface area (Å²) < 4.78 is 0. The summed E-state index contributed by atoms with van der Waals surface area (Å²) in [4.78, 5) is 45.3. The van der Waals surface area contributed by atoms with Gasteiger partial charge >= 0.3 is 0 Å². The molecule has 4 aliphatic heterocycles. The highest BCUT2D eigenvalue weighted by atomic mass is 35.5. The number of anilines is 2. The van der Waals surface area contributed by atoms with Crippen molar-refractivity contribution in [2.24, 2.45) is 5.92 Å². The lowest BCUT2D eigenvalue weighted by atomic mass is 9.57. The van der Waals surface area contributed by atoms with Gasteiger partial charge in [-0.15, -0.1) is 0 Å². The van der Waals surface area contributed by atoms with Gasteiger partial charge in [0.1, 0.15) is 11.0 Å². The van der Waals surface area contributed by atoms with E-state index in [0.717, 1.165) is 18.4 Å². The zero-order chi connectivity index (χ0) is 24.8. The second-order valence-electron chi connectivity index (χ2n) is 10.2. The van der Waals surface area contributed by atoms with Crippen LogP contribution in [0.1, 0.15) is 39.9 Å². The van der Waals surface area contributed by atoms with E-state index in [0.29, 0.717) is 39.6 Å². The number of nitrogens with one attached hydrogen (secondary N) is 2. The number of aryl methyl sites for hydroxylation is 1. The topological polar surface area (TPSA) is 78.5 Å². The van der Waals surface area contributed by atoms with E-state index in [2.05, 4.69) is 15.5 Å². The number of nitrogens with zero attached hydrogens (tertiary/aromatic N) is 1. The maximum Gasteiger partial charge on any atom is 0.251 e. The molecule has 4 heterocycles. The van der Waals surface area contributed by atoms with Crippen LogP contribution in [0.5, 0.6) is 0 Å². The van der Waals surface area contributed by atoms with E-state index in [1.54, 1.807) is 6.07 Å². The SMILES string of the molecule is Cc1ccc(C(=O)C2C3CCCN3C3(C(=O)Nc4c(Cl)cccc43)C23C(=O)Nc2ccccc23)cc1. The fraction of sp³-hybridized carbons (Fsp3) is 0.276. The Kier molecular flexibility index (Phi) is 4.40. The Hall–Kier alpha value is -3.48. The molecule has 36 heavy (non-hydrogen) atoms. The molecule has 0 aromatic heterocycles. The van der Waals surface area contributed by atoms with Gasteiger partial charge in [-0.25, -0.2) is 0 Å². The van der Waals surface area contributed by atoms with Crippen molar-refractivity contribution in [1.82, 2.24) is 4.90 Å². The van der Waals surface area contributed by atoms with E-state index in [1.807, 2.05) is 67.6 Å². The lowest BCUT2D eigenvalue weighted by Crippen LogP contribution is -2.62. The van der Waals surface area contributed by atoms with Gasteiger partial charge in [-0.3, -0.25) is 19.3 Å². The minimum Gasteiger partial charge on any atom is -0.325 e. The van der Waals surface area contributed by atoms with Gasteiger partial charge in [0.05, 0.1) is 16.6 Å². The first kappa shape index (κ1) is 21.8. The third-order valence-electron chi connectivity index (χ3n) is 8.70. The number of fused-ring (bicyclic) bond motifs is 7. The molecule has 4 aliphatic rings. The second-order valence-corrected chi connectivity index (χ2v) is 10.7. The van der Waals surface area contributed by atoms with Crippen molar-refractivity contribution < 1.29 is 14.4 Å². The summed E-state index contributed by atoms with van der Waals surface area (Å²) in [6, 6.07) is 20.1. The second kappa shape index (κ2) is 7.28. The molecule has 180 valence electrons. The molecule has 2 saturated heterocycles. The zero-order valence-corrected chi connectivity index (χ0v) is 20.4. The highest BCUT2D eigenvalue weighted by Gasteiger charge is 2.81. The van der Waals surface area contributed by atoms with Crippen molar-refractivity contribution in [2.75, 3.05) is 17.2 Å². The largest absolute Gasteiger partial charge is 0.325 e. The monoisotopic (exact) mass is 497 g/mol. The quantitative estimate of drug-likeness (QED) is 0.505. The van der Waals surface area contributed by atoms with Crippen LogP contribution in [0.2, 0.25) is 5.02 Å². The van der Waals surface area contributed by atoms with Gasteiger partial charge in [0.15, 0.2) is 5.78 Å². The molecule has 0 bridgehead atoms. The van der Waals surface area contributed by atoms with Crippen LogP contribution in [-0.4, -0.2) is 35.1 Å². The molecular weight excluding hydrogens is 474 g/mol. The molecule has 0 aliphatic carbocycles. The Morgan fingerprint density at radius 3 is 2.50 bits per heavy atom. The van der Waals surface area contributed by atoms with Crippen molar-refractivity contribution in [3.8, 4) is 0 Å². The van der Waals surface area contributed by atoms with E-state index < -0.39 is 16.9 Å². The van der Waals surface area contributed by atoms with Crippen LogP contribution in [-0.2, 0) is 20.5 Å². The predicted octanol–water partition coefficient (Wildman–Crippen LogP) is 4.66. The standard InChI is InChI=1S/C29H24ClN3O3/c1-16-11-13-17(14-12-16)25(34)23-22-10-5-15-33(22)29(19-7-4-8-20(30)24(19)32-27(29)36)28(23)18-6-2-3-9-21(18)31-26(28)35/h2-4,6-9,11-14,22-23H,5,10,15H2,1H3,(H,31,35)(H,32,36). The molecule has 4 unspecified atom stereocenters. The number of rotatable bonds is 2. The molecule has 2 fully saturated rings. The van der Waals surface area contributed by atoms with E-state index in [9.17, 15) is 14.4 Å². The van der Waals surface area contributed by atoms with Gasteiger partial charge in [0.25, 0.3) is 5.91 Å². The molecule has 3 aromatic rings. The van der Waals surface area contributed by atoms with Gasteiger partial charge in [-0.05, 0) is 44.0 Å². The van der Waals surface area contributed by atoms with E-state index in [4.69, 9.17) is 11.6 Å². The van der Waals surface area contributed by atoms with Crippen molar-refractivity contribution in [3.63, 3.8) is 0 Å². The smallest absolute Gasteiger partial charge is 0.251 e. The molecule has 0 saturated carbocycles. The summed E-state index contributed by atoms with van der Waals surface area (Å²) in [7, 11) is 0. The van der Waals surface area contributed by atoms with Gasteiger partial charge in [-0.1, -0.05) is 71.8 Å². The maximum atomic E-state index is 14.5. The van der Waals surface area contributed by atoms with Crippen LogP contribution in [0.15, 0.2) is 66.7 Å². The summed E-state index contributed by atoms with van der Waals surface area (Å²) in [5.41, 5.74) is 1.29. The van der Waals surface area contributed by atoms with Crippen LogP contribution in [0.4, 0.5) is 11.4 Å². The molecular formula is C29H24ClN3O3. The number of benzene rings is 3. The lowest BCUT2D eigenvalue weighted by Gasteiger charge is -2.43. The Morgan fingerprint density at radius 1 is 0.944 bits per heavy atom. The summed E-state index contributed by atoms with van der Waals surface area (Å²) in [5, 5.41) is 6.49. The number of hydrogen-bond donors (Lipinski definition) is 2. The highest BCUT2D eigenvalue weighted by Crippen LogP contribution is 2.68. The molecule has 0 radical (unpaired) electrons. The summed E-state index contributed by atoms with van der Waals surface area (Å²) >= 11 is 6.58. The minimum atomic E-state index is -1.45. The Morgan fingerprint density at radius 2 is 1.69 bits per heavy atom. The molecule has 4 atom stereocenters. The maximum absolute atomic E-state index is 14.5. The summed E-state index contributed by atoms with van der Waals surface area (Å²) in [5.74, 6) is -1.48. The number of halogens is 1. The average Bonchev–Trinajstić information content (AvgIpc) is 3.59. The van der Waals surface area contributed by atoms with Gasteiger partial charge < -0.3 is 10.6 Å². The van der Waals surface area contributed by atoms with Gasteiger partial charge in [-0.2, -0.15) is 0 Å². The number of carbonyl (C=O) groups excluding carboxylic acids is 3. The molecule has 3 aromatic carbocycles. The van der Waals surface area contributed by atoms with E-state index in [-0.39, 0.29) is 23.6 Å². The van der Waals surface area contributed by atoms with Crippen LogP contribution in [0.3, 0.4) is 0 Å². The average molecular weight is 498 g/mol. The number of amides is 2. The van der Waals surface area contributed by atoms with Gasteiger partial charge in [0.2, 0.25) is 5.91 Å². The van der Waals surface area contributed by atoms with Crippen LogP contribution in [0.25, 0.3) is 0 Å². The third-order valence-corrected chi connectivity index (χ3v) is 9.01. The van der Waals surface area contributed by atoms with Crippen molar-refractivity contribution >= 4 is 40.6 Å². The summed E-state index contributed by atoms with van der Waals surface area (Å²) in [6.07, 6.45) is 1.57. The fourth-order valence-electron chi connectivity index (χ4n) is 7.47. The first-order chi connectivity index (χ1) is 17.4.